The van der Waals surface area contributed by atoms with Gasteiger partial charge in [0.05, 0.1) is 16.9 Å². The van der Waals surface area contributed by atoms with Crippen molar-refractivity contribution in [3.8, 4) is 0 Å². The Morgan fingerprint density at radius 1 is 0.903 bits per heavy atom. The Morgan fingerprint density at radius 2 is 1.55 bits per heavy atom. The zero-order valence-corrected chi connectivity index (χ0v) is 17.0. The molecule has 0 spiro atoms. The first-order valence-electron chi connectivity index (χ1n) is 9.30. The van der Waals surface area contributed by atoms with E-state index in [1.54, 1.807) is 54.6 Å². The molecule has 1 aliphatic rings. The summed E-state index contributed by atoms with van der Waals surface area (Å²) in [5.74, 6) is -1.33. The minimum atomic E-state index is -4.57. The molecule has 0 saturated heterocycles. The summed E-state index contributed by atoms with van der Waals surface area (Å²) in [6.07, 6.45) is -5.88. The second-order valence-electron chi connectivity index (χ2n) is 6.82. The summed E-state index contributed by atoms with van der Waals surface area (Å²) < 4.78 is 45.5. The molecule has 3 aromatic carbocycles. The number of alkyl halides is 3. The van der Waals surface area contributed by atoms with Gasteiger partial charge in [-0.1, -0.05) is 54.2 Å². The number of carbonyl (C=O) groups excluding carboxylic acids is 2. The van der Waals surface area contributed by atoms with Crippen LogP contribution in [0, 0.1) is 0 Å². The van der Waals surface area contributed by atoms with Crippen molar-refractivity contribution in [1.29, 1.82) is 0 Å². The number of anilines is 2. The van der Waals surface area contributed by atoms with Crippen molar-refractivity contribution in [2.45, 2.75) is 29.0 Å². The molecule has 0 bridgehead atoms. The van der Waals surface area contributed by atoms with E-state index < -0.39 is 29.7 Å². The second-order valence-corrected chi connectivity index (χ2v) is 7.91. The highest BCUT2D eigenvalue weighted by Crippen LogP contribution is 2.50. The smallest absolute Gasteiger partial charge is 0.416 e. The molecule has 1 atom stereocenters. The zero-order chi connectivity index (χ0) is 22.2. The fourth-order valence-electron chi connectivity index (χ4n) is 3.34. The van der Waals surface area contributed by atoms with Gasteiger partial charge in [0.1, 0.15) is 0 Å². The van der Waals surface area contributed by atoms with Crippen molar-refractivity contribution in [2.24, 2.45) is 0 Å². The minimum absolute atomic E-state index is 0.0941. The summed E-state index contributed by atoms with van der Waals surface area (Å²) in [5, 5.41) is 0. The third-order valence-corrected chi connectivity index (χ3v) is 5.81. The molecule has 0 N–H and O–H groups in total. The highest BCUT2D eigenvalue weighted by molar-refractivity contribution is 7.99. The molecule has 8 heteroatoms. The lowest BCUT2D eigenvalue weighted by Crippen LogP contribution is -2.35. The largest absolute Gasteiger partial charge is 0.447 e. The minimum Gasteiger partial charge on any atom is -0.447 e. The quantitative estimate of drug-likeness (QED) is 0.456. The number of carbonyl (C=O) groups is 2. The van der Waals surface area contributed by atoms with Gasteiger partial charge in [-0.05, 0) is 30.3 Å². The Morgan fingerprint density at radius 3 is 2.23 bits per heavy atom. The fraction of sp³-hybridized carbons (Fsp3) is 0.130. The van der Waals surface area contributed by atoms with E-state index in [0.717, 1.165) is 12.1 Å². The van der Waals surface area contributed by atoms with E-state index in [2.05, 4.69) is 0 Å². The van der Waals surface area contributed by atoms with E-state index in [4.69, 9.17) is 4.74 Å². The summed E-state index contributed by atoms with van der Waals surface area (Å²) in [4.78, 5) is 27.8. The Balaban J connectivity index is 1.88. The number of rotatable bonds is 3. The van der Waals surface area contributed by atoms with Crippen LogP contribution < -0.4 is 4.90 Å². The number of benzene rings is 3. The zero-order valence-electron chi connectivity index (χ0n) is 16.2. The molecule has 1 aliphatic heterocycles. The molecule has 0 radical (unpaired) electrons. The highest BCUT2D eigenvalue weighted by Gasteiger charge is 2.38. The lowest BCUT2D eigenvalue weighted by atomic mass is 10.1. The summed E-state index contributed by atoms with van der Waals surface area (Å²) in [6.45, 7) is 1.18. The van der Waals surface area contributed by atoms with Gasteiger partial charge in [0.2, 0.25) is 6.10 Å². The first-order chi connectivity index (χ1) is 14.8. The maximum atomic E-state index is 13.7. The third kappa shape index (κ3) is 4.16. The average Bonchev–Trinajstić information content (AvgIpc) is 2.74. The molecule has 1 unspecified atom stereocenters. The third-order valence-electron chi connectivity index (χ3n) is 4.68. The molecule has 0 saturated carbocycles. The summed E-state index contributed by atoms with van der Waals surface area (Å²) in [7, 11) is 0. The Kier molecular flexibility index (Phi) is 5.49. The van der Waals surface area contributed by atoms with Crippen molar-refractivity contribution >= 4 is 35.0 Å². The average molecular weight is 443 g/mol. The predicted octanol–water partition coefficient (Wildman–Crippen LogP) is 6.14. The number of nitrogens with zero attached hydrogens (tertiary/aromatic N) is 1. The van der Waals surface area contributed by atoms with Crippen LogP contribution in [0.25, 0.3) is 0 Å². The van der Waals surface area contributed by atoms with Crippen LogP contribution in [0.2, 0.25) is 0 Å². The highest BCUT2D eigenvalue weighted by atomic mass is 32.2. The van der Waals surface area contributed by atoms with E-state index in [-0.39, 0.29) is 5.69 Å². The topological polar surface area (TPSA) is 46.6 Å². The molecule has 1 heterocycles. The first-order valence-corrected chi connectivity index (χ1v) is 10.1. The molecule has 0 aliphatic carbocycles. The molecule has 1 amide bonds. The van der Waals surface area contributed by atoms with Gasteiger partial charge in [-0.15, -0.1) is 0 Å². The Hall–Kier alpha value is -3.26. The van der Waals surface area contributed by atoms with Gasteiger partial charge >= 0.3 is 12.1 Å². The molecule has 3 aromatic rings. The van der Waals surface area contributed by atoms with Crippen LogP contribution in [0.5, 0.6) is 0 Å². The molecule has 4 nitrogen and oxygen atoms in total. The predicted molar refractivity (Wildman–Crippen MR) is 110 cm³/mol. The second kappa shape index (κ2) is 8.11. The molecular formula is C23H16F3NO3S. The number of hydrogen-bond donors (Lipinski definition) is 0. The van der Waals surface area contributed by atoms with E-state index in [1.165, 1.54) is 29.7 Å². The van der Waals surface area contributed by atoms with Gasteiger partial charge in [-0.25, -0.2) is 0 Å². The van der Waals surface area contributed by atoms with Gasteiger partial charge in [0.25, 0.3) is 5.91 Å². The van der Waals surface area contributed by atoms with Crippen LogP contribution in [0.4, 0.5) is 24.5 Å². The lowest BCUT2D eigenvalue weighted by Gasteiger charge is -2.33. The van der Waals surface area contributed by atoms with Gasteiger partial charge in [0.15, 0.2) is 0 Å². The van der Waals surface area contributed by atoms with Crippen LogP contribution >= 0.6 is 11.8 Å². The number of amides is 1. The van der Waals surface area contributed by atoms with Gasteiger partial charge in [-0.2, -0.15) is 13.2 Å². The van der Waals surface area contributed by atoms with E-state index in [0.29, 0.717) is 21.0 Å². The van der Waals surface area contributed by atoms with Gasteiger partial charge in [-0.3, -0.25) is 14.5 Å². The molecule has 0 aromatic heterocycles. The number of halogens is 3. The molecule has 0 fully saturated rings. The number of fused-ring (bicyclic) bond motifs is 2. The molecule has 31 heavy (non-hydrogen) atoms. The summed E-state index contributed by atoms with van der Waals surface area (Å²) in [6, 6.07) is 18.6. The maximum Gasteiger partial charge on any atom is 0.416 e. The molecule has 4 rings (SSSR count). The van der Waals surface area contributed by atoms with Gasteiger partial charge in [0, 0.05) is 22.3 Å². The van der Waals surface area contributed by atoms with Crippen molar-refractivity contribution in [3.05, 3.63) is 83.9 Å². The maximum absolute atomic E-state index is 13.7. The van der Waals surface area contributed by atoms with E-state index in [1.807, 2.05) is 0 Å². The lowest BCUT2D eigenvalue weighted by molar-refractivity contribution is -0.153. The van der Waals surface area contributed by atoms with Crippen molar-refractivity contribution < 1.29 is 27.5 Å². The number of ether oxygens (including phenoxy) is 1. The van der Waals surface area contributed by atoms with Crippen LogP contribution in [-0.4, -0.2) is 11.9 Å². The van der Waals surface area contributed by atoms with E-state index >= 15 is 0 Å². The van der Waals surface area contributed by atoms with E-state index in [9.17, 15) is 22.8 Å². The monoisotopic (exact) mass is 443 g/mol. The molecule has 158 valence electrons. The fourth-order valence-corrected chi connectivity index (χ4v) is 4.38. The van der Waals surface area contributed by atoms with Crippen molar-refractivity contribution in [1.82, 2.24) is 0 Å². The van der Waals surface area contributed by atoms with Crippen molar-refractivity contribution in [2.75, 3.05) is 4.90 Å². The van der Waals surface area contributed by atoms with Crippen LogP contribution in [0.3, 0.4) is 0 Å². The Bertz CT molecular complexity index is 1150. The number of para-hydroxylation sites is 1. The van der Waals surface area contributed by atoms with Crippen LogP contribution in [0.15, 0.2) is 82.6 Å². The normalized spacial score (nSPS) is 13.7. The first kappa shape index (κ1) is 21.0. The van der Waals surface area contributed by atoms with Crippen molar-refractivity contribution in [3.63, 3.8) is 0 Å². The summed E-state index contributed by atoms with van der Waals surface area (Å²) in [5.41, 5.74) is 0.0775. The van der Waals surface area contributed by atoms with Crippen LogP contribution in [-0.2, 0) is 20.5 Å². The SMILES string of the molecule is CC(=O)OC(C(=O)N1c2ccccc2Sc2ccc(C(F)(F)F)cc21)c1ccccc1. The number of hydrogen-bond acceptors (Lipinski definition) is 4. The van der Waals surface area contributed by atoms with Gasteiger partial charge < -0.3 is 4.74 Å². The van der Waals surface area contributed by atoms with Crippen LogP contribution in [0.1, 0.15) is 24.2 Å². The Labute approximate surface area is 180 Å². The standard InChI is InChI=1S/C23H16F3NO3S/c1-14(28)30-21(15-7-3-2-4-8-15)22(29)27-17-9-5-6-10-19(17)31-20-12-11-16(13-18(20)27)23(24,25)26/h2-13,21H,1H3. The summed E-state index contributed by atoms with van der Waals surface area (Å²) >= 11 is 1.28. The number of esters is 1. The molecular weight excluding hydrogens is 427 g/mol.